The Labute approximate surface area is 159 Å². The number of nitrogens with zero attached hydrogens (tertiary/aromatic N) is 1. The van der Waals surface area contributed by atoms with E-state index in [9.17, 15) is 9.59 Å². The monoisotopic (exact) mass is 368 g/mol. The van der Waals surface area contributed by atoms with Gasteiger partial charge < -0.3 is 19.7 Å². The minimum Gasteiger partial charge on any atom is -0.486 e. The first kappa shape index (κ1) is 18.8. The van der Waals surface area contributed by atoms with Crippen LogP contribution in [0, 0.1) is 13.8 Å². The van der Waals surface area contributed by atoms with Gasteiger partial charge in [0.15, 0.2) is 11.5 Å². The number of carbonyl (C=O) groups excluding carboxylic acids is 2. The molecule has 6 nitrogen and oxygen atoms in total. The van der Waals surface area contributed by atoms with Crippen molar-refractivity contribution >= 4 is 23.2 Å². The van der Waals surface area contributed by atoms with Gasteiger partial charge in [0.1, 0.15) is 13.2 Å². The van der Waals surface area contributed by atoms with E-state index < -0.39 is 0 Å². The van der Waals surface area contributed by atoms with Crippen LogP contribution in [0.5, 0.6) is 11.5 Å². The van der Waals surface area contributed by atoms with E-state index in [4.69, 9.17) is 9.47 Å². The summed E-state index contributed by atoms with van der Waals surface area (Å²) in [7, 11) is 0. The molecule has 0 bridgehead atoms. The van der Waals surface area contributed by atoms with E-state index in [1.807, 2.05) is 32.0 Å². The molecule has 0 fully saturated rings. The van der Waals surface area contributed by atoms with Crippen molar-refractivity contribution in [1.82, 2.24) is 0 Å². The van der Waals surface area contributed by atoms with Crippen molar-refractivity contribution in [3.05, 3.63) is 47.5 Å². The highest BCUT2D eigenvalue weighted by atomic mass is 16.6. The molecule has 3 rings (SSSR count). The van der Waals surface area contributed by atoms with Crippen molar-refractivity contribution in [2.45, 2.75) is 27.2 Å². The molecular weight excluding hydrogens is 344 g/mol. The molecule has 0 atom stereocenters. The predicted octanol–water partition coefficient (Wildman–Crippen LogP) is 3.46. The highest BCUT2D eigenvalue weighted by Gasteiger charge is 2.18. The number of amides is 2. The lowest BCUT2D eigenvalue weighted by Crippen LogP contribution is -2.32. The van der Waals surface area contributed by atoms with Gasteiger partial charge in [-0.25, -0.2) is 0 Å². The molecule has 1 heterocycles. The largest absolute Gasteiger partial charge is 0.486 e. The lowest BCUT2D eigenvalue weighted by Gasteiger charge is -2.24. The van der Waals surface area contributed by atoms with E-state index >= 15 is 0 Å². The first-order valence-electron chi connectivity index (χ1n) is 8.99. The molecule has 1 aliphatic rings. The Morgan fingerprint density at radius 1 is 1.04 bits per heavy atom. The fourth-order valence-corrected chi connectivity index (χ4v) is 3.05. The van der Waals surface area contributed by atoms with Crippen molar-refractivity contribution in [1.29, 1.82) is 0 Å². The summed E-state index contributed by atoms with van der Waals surface area (Å²) in [6, 6.07) is 11.2. The Bertz CT molecular complexity index is 863. The van der Waals surface area contributed by atoms with E-state index in [0.717, 1.165) is 16.8 Å². The normalized spacial score (nSPS) is 12.4. The third-order valence-electron chi connectivity index (χ3n) is 4.44. The van der Waals surface area contributed by atoms with Crippen LogP contribution in [0.25, 0.3) is 0 Å². The number of fused-ring (bicyclic) bond motifs is 1. The number of nitrogens with one attached hydrogen (secondary N) is 1. The number of aryl methyl sites for hydroxylation is 2. The maximum Gasteiger partial charge on any atom is 0.226 e. The summed E-state index contributed by atoms with van der Waals surface area (Å²) in [6.45, 7) is 6.73. The van der Waals surface area contributed by atoms with Gasteiger partial charge in [0.25, 0.3) is 0 Å². The van der Waals surface area contributed by atoms with Crippen LogP contribution in [0.3, 0.4) is 0 Å². The van der Waals surface area contributed by atoms with Gasteiger partial charge >= 0.3 is 0 Å². The molecule has 1 aliphatic heterocycles. The fraction of sp³-hybridized carbons (Fsp3) is 0.333. The van der Waals surface area contributed by atoms with Crippen LogP contribution in [-0.2, 0) is 9.59 Å². The van der Waals surface area contributed by atoms with E-state index in [1.165, 1.54) is 6.92 Å². The second kappa shape index (κ2) is 8.12. The average molecular weight is 368 g/mol. The van der Waals surface area contributed by atoms with E-state index in [-0.39, 0.29) is 24.8 Å². The smallest absolute Gasteiger partial charge is 0.226 e. The zero-order valence-electron chi connectivity index (χ0n) is 15.9. The molecule has 27 heavy (non-hydrogen) atoms. The van der Waals surface area contributed by atoms with Crippen molar-refractivity contribution in [3.63, 3.8) is 0 Å². The van der Waals surface area contributed by atoms with Crippen molar-refractivity contribution in [3.8, 4) is 11.5 Å². The molecule has 6 heteroatoms. The van der Waals surface area contributed by atoms with E-state index in [0.29, 0.717) is 30.4 Å². The number of rotatable bonds is 5. The molecule has 0 spiro atoms. The van der Waals surface area contributed by atoms with Gasteiger partial charge in [-0.3, -0.25) is 9.59 Å². The summed E-state index contributed by atoms with van der Waals surface area (Å²) >= 11 is 0. The average Bonchev–Trinajstić information content (AvgIpc) is 2.64. The molecule has 2 aromatic rings. The van der Waals surface area contributed by atoms with E-state index in [1.54, 1.807) is 23.1 Å². The fourth-order valence-electron chi connectivity index (χ4n) is 3.05. The van der Waals surface area contributed by atoms with Crippen LogP contribution in [0.1, 0.15) is 24.5 Å². The highest BCUT2D eigenvalue weighted by molar-refractivity contribution is 5.95. The Morgan fingerprint density at radius 2 is 1.78 bits per heavy atom. The molecule has 0 aliphatic carbocycles. The number of benzene rings is 2. The molecule has 142 valence electrons. The van der Waals surface area contributed by atoms with E-state index in [2.05, 4.69) is 5.32 Å². The molecule has 0 aromatic heterocycles. The molecule has 0 saturated heterocycles. The molecule has 2 amide bonds. The Kier molecular flexibility index (Phi) is 5.64. The predicted molar refractivity (Wildman–Crippen MR) is 105 cm³/mol. The number of ether oxygens (including phenoxy) is 2. The van der Waals surface area contributed by atoms with Crippen LogP contribution in [0.4, 0.5) is 11.4 Å². The Balaban J connectivity index is 1.66. The summed E-state index contributed by atoms with van der Waals surface area (Å²) < 4.78 is 11.1. The zero-order chi connectivity index (χ0) is 19.4. The summed E-state index contributed by atoms with van der Waals surface area (Å²) in [4.78, 5) is 26.0. The quantitative estimate of drug-likeness (QED) is 0.878. The summed E-state index contributed by atoms with van der Waals surface area (Å²) in [6.07, 6.45) is 0.196. The standard InChI is InChI=1S/C21H24N2O4/c1-14-4-6-18(15(2)12-14)22-21(25)8-9-23(16(3)24)17-5-7-19-20(13-17)27-11-10-26-19/h4-7,12-13H,8-11H2,1-3H3,(H,22,25). The second-order valence-electron chi connectivity index (χ2n) is 6.62. The first-order chi connectivity index (χ1) is 12.9. The number of hydrogen-bond donors (Lipinski definition) is 1. The molecule has 1 N–H and O–H groups in total. The van der Waals surface area contributed by atoms with Gasteiger partial charge in [0, 0.05) is 37.3 Å². The first-order valence-corrected chi connectivity index (χ1v) is 8.99. The van der Waals surface area contributed by atoms with Crippen LogP contribution in [-0.4, -0.2) is 31.6 Å². The van der Waals surface area contributed by atoms with Gasteiger partial charge in [-0.2, -0.15) is 0 Å². The summed E-state index contributed by atoms with van der Waals surface area (Å²) in [5.74, 6) is 1.02. The third-order valence-corrected chi connectivity index (χ3v) is 4.44. The molecule has 0 radical (unpaired) electrons. The minimum absolute atomic E-state index is 0.133. The lowest BCUT2D eigenvalue weighted by molar-refractivity contribution is -0.117. The zero-order valence-corrected chi connectivity index (χ0v) is 15.9. The van der Waals surface area contributed by atoms with Gasteiger partial charge in [0.05, 0.1) is 0 Å². The number of carbonyl (C=O) groups is 2. The van der Waals surface area contributed by atoms with Gasteiger partial charge in [0.2, 0.25) is 11.8 Å². The summed E-state index contributed by atoms with van der Waals surface area (Å²) in [5, 5.41) is 2.91. The summed E-state index contributed by atoms with van der Waals surface area (Å²) in [5.41, 5.74) is 3.64. The minimum atomic E-state index is -0.134. The highest BCUT2D eigenvalue weighted by Crippen LogP contribution is 2.34. The molecule has 0 unspecified atom stereocenters. The SMILES string of the molecule is CC(=O)N(CCC(=O)Nc1ccc(C)cc1C)c1ccc2c(c1)OCCO2. The van der Waals surface area contributed by atoms with Crippen molar-refractivity contribution < 1.29 is 19.1 Å². The molecular formula is C21H24N2O4. The number of anilines is 2. The van der Waals surface area contributed by atoms with Crippen LogP contribution >= 0.6 is 0 Å². The molecule has 0 saturated carbocycles. The van der Waals surface area contributed by atoms with Crippen molar-refractivity contribution in [2.75, 3.05) is 30.0 Å². The maximum absolute atomic E-state index is 12.3. The number of hydrogen-bond acceptors (Lipinski definition) is 4. The van der Waals surface area contributed by atoms with Crippen molar-refractivity contribution in [2.24, 2.45) is 0 Å². The topological polar surface area (TPSA) is 67.9 Å². The van der Waals surface area contributed by atoms with Gasteiger partial charge in [-0.1, -0.05) is 17.7 Å². The van der Waals surface area contributed by atoms with Gasteiger partial charge in [-0.05, 0) is 37.6 Å². The van der Waals surface area contributed by atoms with Gasteiger partial charge in [-0.15, -0.1) is 0 Å². The molecule has 2 aromatic carbocycles. The lowest BCUT2D eigenvalue weighted by atomic mass is 10.1. The second-order valence-corrected chi connectivity index (χ2v) is 6.62. The third kappa shape index (κ3) is 4.58. The van der Waals surface area contributed by atoms with Crippen LogP contribution < -0.4 is 19.7 Å². The Hall–Kier alpha value is -3.02. The van der Waals surface area contributed by atoms with Crippen LogP contribution in [0.15, 0.2) is 36.4 Å². The van der Waals surface area contributed by atoms with Crippen LogP contribution in [0.2, 0.25) is 0 Å². The maximum atomic E-state index is 12.3. The Morgan fingerprint density at radius 3 is 2.48 bits per heavy atom.